The van der Waals surface area contributed by atoms with E-state index in [1.807, 2.05) is 0 Å². The van der Waals surface area contributed by atoms with E-state index >= 15 is 0 Å². The van der Waals surface area contributed by atoms with E-state index in [9.17, 15) is 4.79 Å². The van der Waals surface area contributed by atoms with Gasteiger partial charge in [0.15, 0.2) is 0 Å². The lowest BCUT2D eigenvalue weighted by Crippen LogP contribution is -2.03. The highest BCUT2D eigenvalue weighted by molar-refractivity contribution is 5.67. The van der Waals surface area contributed by atoms with Crippen LogP contribution in [0.1, 0.15) is 6.42 Å². The Balaban J connectivity index is 1.84. The highest BCUT2D eigenvalue weighted by Gasteiger charge is 2.54. The van der Waals surface area contributed by atoms with Crippen molar-refractivity contribution in [1.82, 2.24) is 0 Å². The maximum atomic E-state index is 10.2. The zero-order valence-corrected chi connectivity index (χ0v) is 5.62. The molecule has 0 spiro atoms. The Kier molecular flexibility index (Phi) is 1.20. The lowest BCUT2D eigenvalue weighted by atomic mass is 10.2. The van der Waals surface area contributed by atoms with Crippen molar-refractivity contribution in [2.45, 2.75) is 6.42 Å². The van der Waals surface area contributed by atoms with Gasteiger partial charge in [0.2, 0.25) is 0 Å². The third-order valence-electron chi connectivity index (χ3n) is 2.54. The molecule has 2 fully saturated rings. The van der Waals surface area contributed by atoms with E-state index in [1.165, 1.54) is 0 Å². The lowest BCUT2D eigenvalue weighted by Gasteiger charge is -1.98. The molecule has 1 heterocycles. The van der Waals surface area contributed by atoms with Gasteiger partial charge < -0.3 is 9.84 Å². The van der Waals surface area contributed by atoms with Crippen LogP contribution in [0.4, 0.5) is 0 Å². The van der Waals surface area contributed by atoms with Crippen LogP contribution >= 0.6 is 0 Å². The molecule has 2 rings (SSSR count). The van der Waals surface area contributed by atoms with Crippen molar-refractivity contribution in [2.24, 2.45) is 17.8 Å². The molecule has 0 unspecified atom stereocenters. The van der Waals surface area contributed by atoms with E-state index in [0.717, 1.165) is 13.2 Å². The van der Waals surface area contributed by atoms with Gasteiger partial charge in [-0.1, -0.05) is 0 Å². The Bertz CT molecular complexity index is 156. The second kappa shape index (κ2) is 1.95. The number of hydrogen-bond donors (Lipinski definition) is 1. The van der Waals surface area contributed by atoms with Gasteiger partial charge in [-0.2, -0.15) is 0 Å². The molecule has 0 aromatic heterocycles. The van der Waals surface area contributed by atoms with Gasteiger partial charge in [0.05, 0.1) is 13.2 Å². The lowest BCUT2D eigenvalue weighted by molar-refractivity contribution is -0.137. The predicted molar refractivity (Wildman–Crippen MR) is 33.5 cm³/mol. The number of aliphatic carboxylic acids is 1. The first kappa shape index (κ1) is 6.16. The number of hydrogen-bond acceptors (Lipinski definition) is 2. The van der Waals surface area contributed by atoms with E-state index in [-0.39, 0.29) is 0 Å². The maximum absolute atomic E-state index is 10.2. The molecular weight excluding hydrogens is 132 g/mol. The van der Waals surface area contributed by atoms with E-state index in [1.54, 1.807) is 0 Å². The van der Waals surface area contributed by atoms with Gasteiger partial charge in [-0.05, 0) is 17.8 Å². The van der Waals surface area contributed by atoms with E-state index in [0.29, 0.717) is 24.2 Å². The summed E-state index contributed by atoms with van der Waals surface area (Å²) in [5, 5.41) is 8.44. The SMILES string of the molecule is O=C(O)CC1[C@H]2COC[C@H]12. The summed E-state index contributed by atoms with van der Waals surface area (Å²) >= 11 is 0. The van der Waals surface area contributed by atoms with Crippen molar-refractivity contribution in [2.75, 3.05) is 13.2 Å². The van der Waals surface area contributed by atoms with Crippen molar-refractivity contribution in [3.8, 4) is 0 Å². The van der Waals surface area contributed by atoms with Gasteiger partial charge in [0.25, 0.3) is 0 Å². The minimum atomic E-state index is -0.667. The molecule has 3 nitrogen and oxygen atoms in total. The van der Waals surface area contributed by atoms with Crippen molar-refractivity contribution in [3.63, 3.8) is 0 Å². The maximum Gasteiger partial charge on any atom is 0.303 e. The van der Waals surface area contributed by atoms with Crippen LogP contribution in [0.2, 0.25) is 0 Å². The van der Waals surface area contributed by atoms with Crippen LogP contribution < -0.4 is 0 Å². The standard InChI is InChI=1S/C7H10O3/c8-7(9)1-4-5-2-10-3-6(4)5/h4-6H,1-3H2,(H,8,9)/t5-,6-/m1/s1. The van der Waals surface area contributed by atoms with E-state index in [2.05, 4.69) is 0 Å². The largest absolute Gasteiger partial charge is 0.481 e. The summed E-state index contributed by atoms with van der Waals surface area (Å²) in [6.07, 6.45) is 0.346. The monoisotopic (exact) mass is 142 g/mol. The number of fused-ring (bicyclic) bond motifs is 1. The summed E-state index contributed by atoms with van der Waals surface area (Å²) in [4.78, 5) is 10.2. The van der Waals surface area contributed by atoms with Crippen LogP contribution in [0.25, 0.3) is 0 Å². The molecule has 3 heteroatoms. The van der Waals surface area contributed by atoms with Gasteiger partial charge in [-0.15, -0.1) is 0 Å². The van der Waals surface area contributed by atoms with Gasteiger partial charge in [0.1, 0.15) is 0 Å². The first-order valence-electron chi connectivity index (χ1n) is 3.58. The van der Waals surface area contributed by atoms with Gasteiger partial charge in [-0.3, -0.25) is 4.79 Å². The third-order valence-corrected chi connectivity index (χ3v) is 2.54. The van der Waals surface area contributed by atoms with Crippen LogP contribution in [-0.4, -0.2) is 24.3 Å². The molecule has 0 amide bonds. The molecule has 0 bridgehead atoms. The molecule has 2 atom stereocenters. The highest BCUT2D eigenvalue weighted by atomic mass is 16.5. The fourth-order valence-corrected chi connectivity index (χ4v) is 1.86. The molecule has 1 N–H and O–H groups in total. The molecule has 10 heavy (non-hydrogen) atoms. The first-order valence-corrected chi connectivity index (χ1v) is 3.58. The second-order valence-corrected chi connectivity index (χ2v) is 3.13. The average molecular weight is 142 g/mol. The summed E-state index contributed by atoms with van der Waals surface area (Å²) in [6.45, 7) is 1.59. The Labute approximate surface area is 59.0 Å². The van der Waals surface area contributed by atoms with Crippen LogP contribution in [0.15, 0.2) is 0 Å². The molecule has 0 aromatic carbocycles. The summed E-state index contributed by atoms with van der Waals surface area (Å²) in [5.74, 6) is 0.929. The molecule has 0 radical (unpaired) electrons. The van der Waals surface area contributed by atoms with Crippen molar-refractivity contribution >= 4 is 5.97 Å². The molecule has 0 aromatic rings. The molecular formula is C7H10O3. The van der Waals surface area contributed by atoms with Crippen molar-refractivity contribution in [3.05, 3.63) is 0 Å². The summed E-state index contributed by atoms with van der Waals surface area (Å²) in [7, 11) is 0. The Morgan fingerprint density at radius 2 is 2.10 bits per heavy atom. The van der Waals surface area contributed by atoms with Crippen molar-refractivity contribution in [1.29, 1.82) is 0 Å². The second-order valence-electron chi connectivity index (χ2n) is 3.13. The number of ether oxygens (including phenoxy) is 1. The first-order chi connectivity index (χ1) is 4.79. The topological polar surface area (TPSA) is 46.5 Å². The van der Waals surface area contributed by atoms with E-state index < -0.39 is 5.97 Å². The van der Waals surface area contributed by atoms with Crippen LogP contribution in [-0.2, 0) is 9.53 Å². The number of rotatable bonds is 2. The average Bonchev–Trinajstić information content (AvgIpc) is 2.40. The van der Waals surface area contributed by atoms with Crippen LogP contribution in [0.5, 0.6) is 0 Å². The zero-order valence-electron chi connectivity index (χ0n) is 5.62. The number of carbonyl (C=O) groups is 1. The molecule has 2 aliphatic rings. The number of carboxylic acids is 1. The fraction of sp³-hybridized carbons (Fsp3) is 0.857. The van der Waals surface area contributed by atoms with Gasteiger partial charge in [0, 0.05) is 6.42 Å². The summed E-state index contributed by atoms with van der Waals surface area (Å²) < 4.78 is 5.13. The van der Waals surface area contributed by atoms with Crippen LogP contribution in [0.3, 0.4) is 0 Å². The molecule has 1 saturated carbocycles. The predicted octanol–water partition coefficient (Wildman–Crippen LogP) is 0.354. The zero-order chi connectivity index (χ0) is 7.14. The fourth-order valence-electron chi connectivity index (χ4n) is 1.86. The quantitative estimate of drug-likeness (QED) is 0.605. The molecule has 1 aliphatic carbocycles. The van der Waals surface area contributed by atoms with Gasteiger partial charge in [-0.25, -0.2) is 0 Å². The van der Waals surface area contributed by atoms with Gasteiger partial charge >= 0.3 is 5.97 Å². The summed E-state index contributed by atoms with van der Waals surface area (Å²) in [6, 6.07) is 0. The third kappa shape index (κ3) is 0.814. The van der Waals surface area contributed by atoms with Crippen LogP contribution in [0, 0.1) is 17.8 Å². The highest BCUT2D eigenvalue weighted by Crippen LogP contribution is 2.52. The minimum Gasteiger partial charge on any atom is -0.481 e. The summed E-state index contributed by atoms with van der Waals surface area (Å²) in [5.41, 5.74) is 0. The van der Waals surface area contributed by atoms with E-state index in [4.69, 9.17) is 9.84 Å². The smallest absolute Gasteiger partial charge is 0.303 e. The Hall–Kier alpha value is -0.570. The Morgan fingerprint density at radius 1 is 1.50 bits per heavy atom. The van der Waals surface area contributed by atoms with Crippen molar-refractivity contribution < 1.29 is 14.6 Å². The molecule has 1 aliphatic heterocycles. The number of carboxylic acid groups (broad SMARTS) is 1. The minimum absolute atomic E-state index is 0.346. The molecule has 1 saturated heterocycles. The normalized spacial score (nSPS) is 43.0. The Morgan fingerprint density at radius 3 is 2.60 bits per heavy atom. The molecule has 56 valence electrons.